The van der Waals surface area contributed by atoms with Gasteiger partial charge >= 0.3 is 0 Å². The third-order valence-corrected chi connectivity index (χ3v) is 3.47. The lowest BCUT2D eigenvalue weighted by Crippen LogP contribution is -2.39. The highest BCUT2D eigenvalue weighted by Crippen LogP contribution is 2.14. The molecule has 0 aromatic heterocycles. The first-order chi connectivity index (χ1) is 7.65. The molecule has 0 aliphatic rings. The van der Waals surface area contributed by atoms with E-state index in [1.165, 1.54) is 32.1 Å². The lowest BCUT2D eigenvalue weighted by molar-refractivity contribution is 0.0868. The Morgan fingerprint density at radius 3 is 2.25 bits per heavy atom. The molecule has 2 nitrogen and oxygen atoms in total. The predicted molar refractivity (Wildman–Crippen MR) is 71.9 cm³/mol. The number of rotatable bonds is 10. The summed E-state index contributed by atoms with van der Waals surface area (Å²) >= 11 is 0. The van der Waals surface area contributed by atoms with E-state index in [0.29, 0.717) is 12.1 Å². The van der Waals surface area contributed by atoms with Crippen molar-refractivity contribution < 1.29 is 4.74 Å². The molecule has 0 saturated carbocycles. The van der Waals surface area contributed by atoms with Gasteiger partial charge in [-0.05, 0) is 39.2 Å². The van der Waals surface area contributed by atoms with Crippen LogP contribution >= 0.6 is 0 Å². The van der Waals surface area contributed by atoms with E-state index in [0.717, 1.165) is 12.5 Å². The number of nitrogens with one attached hydrogen (secondary N) is 1. The standard InChI is InChI=1S/C14H31NO/c1-6-8-10-14(9-7-2)11-15-12(3)13(4)16-5/h12-15H,6-11H2,1-5H3. The number of hydrogen-bond acceptors (Lipinski definition) is 2. The second kappa shape index (κ2) is 10.1. The largest absolute Gasteiger partial charge is 0.380 e. The maximum Gasteiger partial charge on any atom is 0.0693 e. The third-order valence-electron chi connectivity index (χ3n) is 3.47. The van der Waals surface area contributed by atoms with Crippen molar-refractivity contribution in [2.24, 2.45) is 5.92 Å². The molecule has 0 fully saturated rings. The second-order valence-electron chi connectivity index (χ2n) is 4.93. The molecular formula is C14H31NO. The summed E-state index contributed by atoms with van der Waals surface area (Å²) < 4.78 is 5.32. The number of methoxy groups -OCH3 is 1. The zero-order valence-electron chi connectivity index (χ0n) is 11.9. The van der Waals surface area contributed by atoms with Crippen LogP contribution in [-0.4, -0.2) is 25.8 Å². The summed E-state index contributed by atoms with van der Waals surface area (Å²) in [5, 5.41) is 3.60. The normalized spacial score (nSPS) is 17.1. The highest BCUT2D eigenvalue weighted by Gasteiger charge is 2.13. The van der Waals surface area contributed by atoms with Gasteiger partial charge < -0.3 is 10.1 Å². The van der Waals surface area contributed by atoms with Crippen LogP contribution in [0, 0.1) is 5.92 Å². The summed E-state index contributed by atoms with van der Waals surface area (Å²) in [4.78, 5) is 0. The van der Waals surface area contributed by atoms with Crippen molar-refractivity contribution in [2.45, 2.75) is 71.9 Å². The van der Waals surface area contributed by atoms with E-state index in [4.69, 9.17) is 4.74 Å². The lowest BCUT2D eigenvalue weighted by Gasteiger charge is -2.23. The molecule has 0 aliphatic heterocycles. The van der Waals surface area contributed by atoms with E-state index < -0.39 is 0 Å². The van der Waals surface area contributed by atoms with Gasteiger partial charge in [-0.15, -0.1) is 0 Å². The van der Waals surface area contributed by atoms with Crippen molar-refractivity contribution in [2.75, 3.05) is 13.7 Å². The molecule has 0 aliphatic carbocycles. The maximum absolute atomic E-state index is 5.32. The van der Waals surface area contributed by atoms with E-state index in [2.05, 4.69) is 33.0 Å². The van der Waals surface area contributed by atoms with Crippen LogP contribution in [-0.2, 0) is 4.74 Å². The van der Waals surface area contributed by atoms with Gasteiger partial charge in [-0.1, -0.05) is 33.1 Å². The Balaban J connectivity index is 3.81. The molecule has 0 saturated heterocycles. The van der Waals surface area contributed by atoms with Crippen molar-refractivity contribution >= 4 is 0 Å². The minimum absolute atomic E-state index is 0.299. The lowest BCUT2D eigenvalue weighted by atomic mass is 9.96. The van der Waals surface area contributed by atoms with Gasteiger partial charge in [0, 0.05) is 13.2 Å². The van der Waals surface area contributed by atoms with Crippen LogP contribution in [0.3, 0.4) is 0 Å². The average Bonchev–Trinajstić information content (AvgIpc) is 2.31. The van der Waals surface area contributed by atoms with E-state index in [-0.39, 0.29) is 0 Å². The molecule has 2 heteroatoms. The molecule has 0 rings (SSSR count). The first-order valence-corrected chi connectivity index (χ1v) is 6.91. The number of hydrogen-bond donors (Lipinski definition) is 1. The van der Waals surface area contributed by atoms with Gasteiger partial charge in [0.1, 0.15) is 0 Å². The molecule has 0 amide bonds. The molecule has 0 radical (unpaired) electrons. The SMILES string of the molecule is CCCCC(CCC)CNC(C)C(C)OC. The molecule has 0 aromatic rings. The van der Waals surface area contributed by atoms with Gasteiger partial charge in [0.05, 0.1) is 6.10 Å². The number of unbranched alkanes of at least 4 members (excludes halogenated alkanes) is 1. The number of ether oxygens (including phenoxy) is 1. The molecule has 3 unspecified atom stereocenters. The Morgan fingerprint density at radius 2 is 1.75 bits per heavy atom. The van der Waals surface area contributed by atoms with Gasteiger partial charge in [-0.25, -0.2) is 0 Å². The van der Waals surface area contributed by atoms with Gasteiger partial charge in [-0.2, -0.15) is 0 Å². The summed E-state index contributed by atoms with van der Waals surface area (Å²) in [5.41, 5.74) is 0. The first kappa shape index (κ1) is 15.9. The average molecular weight is 229 g/mol. The Labute approximate surface area is 102 Å². The highest BCUT2D eigenvalue weighted by atomic mass is 16.5. The van der Waals surface area contributed by atoms with E-state index in [1.807, 2.05) is 0 Å². The second-order valence-corrected chi connectivity index (χ2v) is 4.93. The highest BCUT2D eigenvalue weighted by molar-refractivity contribution is 4.71. The molecule has 3 atom stereocenters. The summed E-state index contributed by atoms with van der Waals surface area (Å²) in [7, 11) is 1.78. The Morgan fingerprint density at radius 1 is 1.06 bits per heavy atom. The Bertz CT molecular complexity index is 150. The molecule has 0 aromatic carbocycles. The van der Waals surface area contributed by atoms with Crippen LogP contribution in [0.4, 0.5) is 0 Å². The van der Waals surface area contributed by atoms with Gasteiger partial charge in [0.25, 0.3) is 0 Å². The topological polar surface area (TPSA) is 21.3 Å². The zero-order valence-corrected chi connectivity index (χ0v) is 11.9. The van der Waals surface area contributed by atoms with Crippen LogP contribution in [0.2, 0.25) is 0 Å². The molecule has 0 spiro atoms. The minimum Gasteiger partial charge on any atom is -0.380 e. The quantitative estimate of drug-likeness (QED) is 0.618. The summed E-state index contributed by atoms with van der Waals surface area (Å²) in [5.74, 6) is 0.844. The van der Waals surface area contributed by atoms with Crippen LogP contribution < -0.4 is 5.32 Å². The molecular weight excluding hydrogens is 198 g/mol. The van der Waals surface area contributed by atoms with Crippen molar-refractivity contribution in [3.05, 3.63) is 0 Å². The molecule has 16 heavy (non-hydrogen) atoms. The first-order valence-electron chi connectivity index (χ1n) is 6.91. The van der Waals surface area contributed by atoms with Crippen LogP contribution in [0.15, 0.2) is 0 Å². The van der Waals surface area contributed by atoms with E-state index in [9.17, 15) is 0 Å². The third kappa shape index (κ3) is 7.24. The fraction of sp³-hybridized carbons (Fsp3) is 1.00. The van der Waals surface area contributed by atoms with E-state index >= 15 is 0 Å². The monoisotopic (exact) mass is 229 g/mol. The summed E-state index contributed by atoms with van der Waals surface area (Å²) in [6.07, 6.45) is 6.98. The minimum atomic E-state index is 0.299. The fourth-order valence-corrected chi connectivity index (χ4v) is 1.97. The molecule has 98 valence electrons. The van der Waals surface area contributed by atoms with Crippen molar-refractivity contribution in [1.29, 1.82) is 0 Å². The zero-order chi connectivity index (χ0) is 12.4. The van der Waals surface area contributed by atoms with Crippen molar-refractivity contribution in [1.82, 2.24) is 5.32 Å². The molecule has 0 heterocycles. The van der Waals surface area contributed by atoms with Crippen molar-refractivity contribution in [3.63, 3.8) is 0 Å². The van der Waals surface area contributed by atoms with Crippen LogP contribution in [0.1, 0.15) is 59.8 Å². The smallest absolute Gasteiger partial charge is 0.0693 e. The van der Waals surface area contributed by atoms with Crippen LogP contribution in [0.25, 0.3) is 0 Å². The molecule has 1 N–H and O–H groups in total. The van der Waals surface area contributed by atoms with Gasteiger partial charge in [0.15, 0.2) is 0 Å². The van der Waals surface area contributed by atoms with Crippen LogP contribution in [0.5, 0.6) is 0 Å². The summed E-state index contributed by atoms with van der Waals surface area (Å²) in [6, 6.07) is 0.450. The predicted octanol–water partition coefficient (Wildman–Crippen LogP) is 3.61. The Kier molecular flexibility index (Phi) is 10.0. The van der Waals surface area contributed by atoms with Gasteiger partial charge in [-0.3, -0.25) is 0 Å². The summed E-state index contributed by atoms with van der Waals surface area (Å²) in [6.45, 7) is 10.0. The molecule has 0 bridgehead atoms. The fourth-order valence-electron chi connectivity index (χ4n) is 1.97. The van der Waals surface area contributed by atoms with Gasteiger partial charge in [0.2, 0.25) is 0 Å². The maximum atomic E-state index is 5.32. The Hall–Kier alpha value is -0.0800. The van der Waals surface area contributed by atoms with Crippen molar-refractivity contribution in [3.8, 4) is 0 Å². The van der Waals surface area contributed by atoms with E-state index in [1.54, 1.807) is 7.11 Å².